The molecule has 1 N–H and O–H groups in total. The highest BCUT2D eigenvalue weighted by atomic mass is 32.2. The van der Waals surface area contributed by atoms with Crippen LogP contribution in [0.3, 0.4) is 0 Å². The molecule has 0 spiro atoms. The number of hydrogen-bond donors (Lipinski definition) is 1. The molecule has 2 bridgehead atoms. The van der Waals surface area contributed by atoms with Gasteiger partial charge in [0.15, 0.2) is 0 Å². The van der Waals surface area contributed by atoms with E-state index >= 15 is 0 Å². The fourth-order valence-corrected chi connectivity index (χ4v) is 7.67. The van der Waals surface area contributed by atoms with Crippen LogP contribution in [0.4, 0.5) is 8.78 Å². The number of hydrogen-bond acceptors (Lipinski definition) is 6. The summed E-state index contributed by atoms with van der Waals surface area (Å²) in [5.41, 5.74) is 3.49. The van der Waals surface area contributed by atoms with E-state index in [4.69, 9.17) is 4.98 Å². The van der Waals surface area contributed by atoms with Crippen molar-refractivity contribution in [2.45, 2.75) is 57.5 Å². The first kappa shape index (κ1) is 26.6. The van der Waals surface area contributed by atoms with Crippen molar-refractivity contribution in [1.82, 2.24) is 29.7 Å². The van der Waals surface area contributed by atoms with Gasteiger partial charge in [-0.2, -0.15) is 10.2 Å². The average molecular weight is 565 g/mol. The van der Waals surface area contributed by atoms with Crippen molar-refractivity contribution in [2.75, 3.05) is 6.26 Å². The molecule has 6 rings (SSSR count). The number of nitrogens with zero attached hydrogens (tertiary/aromatic N) is 5. The molecule has 2 aliphatic rings. The van der Waals surface area contributed by atoms with Gasteiger partial charge < -0.3 is 0 Å². The highest BCUT2D eigenvalue weighted by Gasteiger charge is 2.65. The first-order valence-electron chi connectivity index (χ1n) is 13.2. The highest BCUT2D eigenvalue weighted by Crippen LogP contribution is 2.69. The van der Waals surface area contributed by atoms with Crippen LogP contribution in [0.5, 0.6) is 0 Å². The maximum absolute atomic E-state index is 14.6. The van der Waals surface area contributed by atoms with Crippen LogP contribution < -0.4 is 4.72 Å². The summed E-state index contributed by atoms with van der Waals surface area (Å²) in [5.74, 6) is -1.19. The second kappa shape index (κ2) is 9.24. The summed E-state index contributed by atoms with van der Waals surface area (Å²) < 4.78 is 56.5. The van der Waals surface area contributed by atoms with Crippen LogP contribution in [0.1, 0.15) is 56.5 Å². The first-order valence-corrected chi connectivity index (χ1v) is 15.1. The smallest absolute Gasteiger partial charge is 0.209 e. The summed E-state index contributed by atoms with van der Waals surface area (Å²) in [6.45, 7) is 6.57. The van der Waals surface area contributed by atoms with Gasteiger partial charge in [0.2, 0.25) is 10.0 Å². The molecule has 2 aliphatic carbocycles. The number of halogens is 2. The van der Waals surface area contributed by atoms with Crippen LogP contribution in [-0.2, 0) is 22.0 Å². The van der Waals surface area contributed by atoms with Gasteiger partial charge in [0.25, 0.3) is 0 Å². The second-order valence-electron chi connectivity index (χ2n) is 11.5. The molecule has 1 saturated carbocycles. The fourth-order valence-electron chi connectivity index (χ4n) is 6.87. The summed E-state index contributed by atoms with van der Waals surface area (Å²) in [6, 6.07) is 11.2. The van der Waals surface area contributed by atoms with Crippen molar-refractivity contribution >= 4 is 10.0 Å². The molecule has 0 radical (unpaired) electrons. The van der Waals surface area contributed by atoms with Crippen molar-refractivity contribution in [1.29, 1.82) is 0 Å². The molecule has 1 aromatic carbocycles. The summed E-state index contributed by atoms with van der Waals surface area (Å²) in [6.07, 6.45) is 6.44. The fraction of sp³-hybridized carbons (Fsp3) is 0.379. The maximum atomic E-state index is 14.6. The number of benzene rings is 1. The van der Waals surface area contributed by atoms with E-state index in [2.05, 4.69) is 33.9 Å². The Morgan fingerprint density at radius 2 is 1.82 bits per heavy atom. The van der Waals surface area contributed by atoms with Crippen molar-refractivity contribution in [3.8, 4) is 22.5 Å². The normalized spacial score (nSPS) is 21.9. The Labute approximate surface area is 231 Å². The highest BCUT2D eigenvalue weighted by molar-refractivity contribution is 7.88. The number of rotatable bonds is 7. The molecule has 0 aliphatic heterocycles. The zero-order valence-corrected chi connectivity index (χ0v) is 23.5. The van der Waals surface area contributed by atoms with Gasteiger partial charge in [-0.1, -0.05) is 26.0 Å². The van der Waals surface area contributed by atoms with Crippen LogP contribution in [0.15, 0.2) is 54.9 Å². The predicted molar refractivity (Wildman–Crippen MR) is 147 cm³/mol. The quantitative estimate of drug-likeness (QED) is 0.345. The van der Waals surface area contributed by atoms with Crippen molar-refractivity contribution < 1.29 is 17.2 Å². The molecular formula is C29H30F2N6O2S. The summed E-state index contributed by atoms with van der Waals surface area (Å²) in [5, 5.41) is 13.3. The monoisotopic (exact) mass is 564 g/mol. The number of aromatic nitrogens is 5. The Bertz CT molecular complexity index is 1720. The molecule has 3 heterocycles. The molecular weight excluding hydrogens is 534 g/mol. The van der Waals surface area contributed by atoms with Crippen LogP contribution in [-0.4, -0.2) is 45.7 Å². The summed E-state index contributed by atoms with van der Waals surface area (Å²) in [7, 11) is -3.32. The van der Waals surface area contributed by atoms with Gasteiger partial charge in [0.05, 0.1) is 52.8 Å². The largest absolute Gasteiger partial charge is 0.270 e. The molecule has 3 aromatic heterocycles. The third-order valence-corrected chi connectivity index (χ3v) is 9.42. The van der Waals surface area contributed by atoms with E-state index in [1.54, 1.807) is 23.9 Å². The van der Waals surface area contributed by atoms with E-state index in [0.29, 0.717) is 6.54 Å². The Balaban J connectivity index is 1.37. The van der Waals surface area contributed by atoms with E-state index in [-0.39, 0.29) is 28.6 Å². The van der Waals surface area contributed by atoms with Gasteiger partial charge in [-0.3, -0.25) is 9.67 Å². The van der Waals surface area contributed by atoms with E-state index < -0.39 is 27.1 Å². The second-order valence-corrected chi connectivity index (χ2v) is 13.3. The molecule has 3 atom stereocenters. The Morgan fingerprint density at radius 3 is 2.55 bits per heavy atom. The number of nitrogens with one attached hydrogen (secondary N) is 1. The Hall–Kier alpha value is -3.57. The Kier molecular flexibility index (Phi) is 6.15. The number of pyridine rings is 1. The third kappa shape index (κ3) is 4.14. The lowest BCUT2D eigenvalue weighted by atomic mass is 9.66. The van der Waals surface area contributed by atoms with Gasteiger partial charge in [-0.05, 0) is 67.0 Å². The molecule has 0 saturated heterocycles. The summed E-state index contributed by atoms with van der Waals surface area (Å²) >= 11 is 0. The SMILES string of the molecule is CC(Cn1cc(-c2cccc([C@@]34CC[C@@H](c5cc(-c6c(F)cccc6F)nnc53)C4(C)C)n2)cn1)NS(C)(=O)=O. The van der Waals surface area contributed by atoms with Gasteiger partial charge in [0.1, 0.15) is 11.6 Å². The van der Waals surface area contributed by atoms with E-state index in [1.807, 2.05) is 24.4 Å². The van der Waals surface area contributed by atoms with Crippen LogP contribution in [0.25, 0.3) is 22.5 Å². The van der Waals surface area contributed by atoms with Gasteiger partial charge in [-0.25, -0.2) is 21.9 Å². The van der Waals surface area contributed by atoms with Crippen molar-refractivity contribution in [2.24, 2.45) is 5.41 Å². The molecule has 4 aromatic rings. The molecule has 11 heteroatoms. The third-order valence-electron chi connectivity index (χ3n) is 8.59. The molecule has 1 fully saturated rings. The van der Waals surface area contributed by atoms with E-state index in [9.17, 15) is 17.2 Å². The zero-order chi connectivity index (χ0) is 28.4. The van der Waals surface area contributed by atoms with Crippen LogP contribution >= 0.6 is 0 Å². The standard InChI is InChI=1S/C29H30F2N6O2S/c1-17(36-40(4,38)39)15-37-16-18(14-32-37)23-9-6-10-25(33-23)29-12-11-20(28(29,2)3)19-13-24(34-35-27(19)29)26-21(30)7-5-8-22(26)31/h5-10,13-14,16-17,20,36H,11-12,15H2,1-4H3/t17?,20-,29-/m0/s1. The number of fused-ring (bicyclic) bond motifs is 5. The van der Waals surface area contributed by atoms with E-state index in [1.165, 1.54) is 18.2 Å². The molecule has 40 heavy (non-hydrogen) atoms. The predicted octanol–water partition coefficient (Wildman–Crippen LogP) is 4.82. The lowest BCUT2D eigenvalue weighted by molar-refractivity contribution is 0.243. The van der Waals surface area contributed by atoms with Gasteiger partial charge >= 0.3 is 0 Å². The van der Waals surface area contributed by atoms with Gasteiger partial charge in [-0.15, -0.1) is 5.10 Å². The number of sulfonamides is 1. The van der Waals surface area contributed by atoms with Crippen molar-refractivity contribution in [3.05, 3.63) is 83.4 Å². The van der Waals surface area contributed by atoms with Gasteiger partial charge in [0, 0.05) is 17.8 Å². The van der Waals surface area contributed by atoms with Crippen LogP contribution in [0, 0.1) is 17.0 Å². The minimum atomic E-state index is -3.32. The topological polar surface area (TPSA) is 103 Å². The van der Waals surface area contributed by atoms with E-state index in [0.717, 1.165) is 47.3 Å². The first-order chi connectivity index (χ1) is 18.9. The lowest BCUT2D eigenvalue weighted by Gasteiger charge is -2.37. The lowest BCUT2D eigenvalue weighted by Crippen LogP contribution is -2.37. The minimum absolute atomic E-state index is 0.142. The Morgan fingerprint density at radius 1 is 1.10 bits per heavy atom. The van der Waals surface area contributed by atoms with Crippen molar-refractivity contribution in [3.63, 3.8) is 0 Å². The molecule has 8 nitrogen and oxygen atoms in total. The maximum Gasteiger partial charge on any atom is 0.209 e. The molecule has 0 amide bonds. The summed E-state index contributed by atoms with van der Waals surface area (Å²) in [4.78, 5) is 5.10. The average Bonchev–Trinajstić information content (AvgIpc) is 3.50. The molecule has 208 valence electrons. The van der Waals surface area contributed by atoms with Crippen LogP contribution in [0.2, 0.25) is 0 Å². The zero-order valence-electron chi connectivity index (χ0n) is 22.7. The molecule has 1 unspecified atom stereocenters. The minimum Gasteiger partial charge on any atom is -0.270 e.